The molecule has 0 unspecified atom stereocenters. The van der Waals surface area contributed by atoms with Crippen LogP contribution < -0.4 is 0 Å². The molecular formula is C18H23F3N2. The third-order valence-corrected chi connectivity index (χ3v) is 5.22. The monoisotopic (exact) mass is 324 g/mol. The summed E-state index contributed by atoms with van der Waals surface area (Å²) in [5, 5.41) is 9.07. The van der Waals surface area contributed by atoms with Crippen molar-refractivity contribution >= 4 is 0 Å². The standard InChI is InChI=1S/C18H23F3N2/c1-14(2)17(7-10-22)8-11-23(12-9-17)13-15-5-3-4-6-16(15)18(19,20)21/h3-6,14H,7-9,11-13H2,1-2H3. The molecule has 0 spiro atoms. The first-order valence-electron chi connectivity index (χ1n) is 8.03. The van der Waals surface area contributed by atoms with E-state index in [1.165, 1.54) is 6.07 Å². The largest absolute Gasteiger partial charge is 0.416 e. The van der Waals surface area contributed by atoms with E-state index in [4.69, 9.17) is 5.26 Å². The van der Waals surface area contributed by atoms with E-state index in [1.807, 2.05) is 0 Å². The minimum absolute atomic E-state index is 0.00873. The Morgan fingerprint density at radius 1 is 1.22 bits per heavy atom. The van der Waals surface area contributed by atoms with Gasteiger partial charge in [0.05, 0.1) is 11.6 Å². The fourth-order valence-electron chi connectivity index (χ4n) is 3.45. The molecule has 0 radical (unpaired) electrons. The zero-order valence-electron chi connectivity index (χ0n) is 13.7. The second-order valence-electron chi connectivity index (χ2n) is 6.78. The highest BCUT2D eigenvalue weighted by molar-refractivity contribution is 5.29. The molecule has 0 saturated carbocycles. The van der Waals surface area contributed by atoms with Gasteiger partial charge in [-0.05, 0) is 48.9 Å². The number of halogens is 3. The lowest BCUT2D eigenvalue weighted by molar-refractivity contribution is -0.138. The van der Waals surface area contributed by atoms with E-state index < -0.39 is 11.7 Å². The Balaban J connectivity index is 2.07. The first-order valence-corrected chi connectivity index (χ1v) is 8.03. The van der Waals surface area contributed by atoms with E-state index >= 15 is 0 Å². The highest BCUT2D eigenvalue weighted by atomic mass is 19.4. The predicted octanol–water partition coefficient (Wildman–Crippen LogP) is 4.86. The molecule has 0 bridgehead atoms. The van der Waals surface area contributed by atoms with Crippen LogP contribution in [0.3, 0.4) is 0 Å². The number of likely N-dealkylation sites (tertiary alicyclic amines) is 1. The Morgan fingerprint density at radius 3 is 2.35 bits per heavy atom. The van der Waals surface area contributed by atoms with Gasteiger partial charge < -0.3 is 0 Å². The van der Waals surface area contributed by atoms with Gasteiger partial charge in [0.1, 0.15) is 0 Å². The summed E-state index contributed by atoms with van der Waals surface area (Å²) in [7, 11) is 0. The second-order valence-corrected chi connectivity index (χ2v) is 6.78. The van der Waals surface area contributed by atoms with Gasteiger partial charge >= 0.3 is 6.18 Å². The van der Waals surface area contributed by atoms with Crippen LogP contribution in [0.2, 0.25) is 0 Å². The van der Waals surface area contributed by atoms with Gasteiger partial charge in [0.2, 0.25) is 0 Å². The SMILES string of the molecule is CC(C)C1(CC#N)CCN(Cc2ccccc2C(F)(F)F)CC1. The van der Waals surface area contributed by atoms with Crippen molar-refractivity contribution in [1.82, 2.24) is 4.90 Å². The molecule has 0 N–H and O–H groups in total. The van der Waals surface area contributed by atoms with Crippen molar-refractivity contribution in [2.45, 2.75) is 45.8 Å². The molecule has 1 aromatic carbocycles. The summed E-state index contributed by atoms with van der Waals surface area (Å²) in [6.45, 7) is 6.06. The van der Waals surface area contributed by atoms with Crippen LogP contribution >= 0.6 is 0 Å². The van der Waals surface area contributed by atoms with Gasteiger partial charge in [-0.2, -0.15) is 18.4 Å². The highest BCUT2D eigenvalue weighted by Gasteiger charge is 2.38. The minimum Gasteiger partial charge on any atom is -0.299 e. The zero-order chi connectivity index (χ0) is 17.1. The molecule has 126 valence electrons. The molecule has 0 atom stereocenters. The Bertz CT molecular complexity index is 564. The third-order valence-electron chi connectivity index (χ3n) is 5.22. The van der Waals surface area contributed by atoms with Crippen molar-refractivity contribution in [2.24, 2.45) is 11.3 Å². The second kappa shape index (κ2) is 6.92. The average molecular weight is 324 g/mol. The number of piperidine rings is 1. The molecular weight excluding hydrogens is 301 g/mol. The molecule has 1 heterocycles. The van der Waals surface area contributed by atoms with Crippen molar-refractivity contribution < 1.29 is 13.2 Å². The molecule has 1 aromatic rings. The van der Waals surface area contributed by atoms with Gasteiger partial charge in [-0.1, -0.05) is 32.0 Å². The van der Waals surface area contributed by atoms with Crippen molar-refractivity contribution in [2.75, 3.05) is 13.1 Å². The zero-order valence-corrected chi connectivity index (χ0v) is 13.7. The first kappa shape index (κ1) is 17.8. The minimum atomic E-state index is -4.31. The van der Waals surface area contributed by atoms with Crippen molar-refractivity contribution in [3.8, 4) is 6.07 Å². The Labute approximate surface area is 135 Å². The fraction of sp³-hybridized carbons (Fsp3) is 0.611. The normalized spacial score (nSPS) is 18.8. The molecule has 1 aliphatic rings. The van der Waals surface area contributed by atoms with E-state index in [9.17, 15) is 13.2 Å². The molecule has 1 saturated heterocycles. The van der Waals surface area contributed by atoms with Gasteiger partial charge in [-0.3, -0.25) is 4.90 Å². The van der Waals surface area contributed by atoms with Gasteiger partial charge in [-0.25, -0.2) is 0 Å². The lowest BCUT2D eigenvalue weighted by atomic mass is 9.68. The van der Waals surface area contributed by atoms with E-state index in [0.717, 1.165) is 32.0 Å². The quantitative estimate of drug-likeness (QED) is 0.791. The van der Waals surface area contributed by atoms with Crippen LogP contribution in [0.4, 0.5) is 13.2 Å². The number of nitriles is 1. The number of hydrogen-bond acceptors (Lipinski definition) is 2. The smallest absolute Gasteiger partial charge is 0.299 e. The molecule has 0 aliphatic carbocycles. The fourth-order valence-corrected chi connectivity index (χ4v) is 3.45. The number of rotatable bonds is 4. The van der Waals surface area contributed by atoms with Crippen LogP contribution in [0.5, 0.6) is 0 Å². The predicted molar refractivity (Wildman–Crippen MR) is 83.5 cm³/mol. The van der Waals surface area contributed by atoms with Gasteiger partial charge in [0, 0.05) is 13.0 Å². The van der Waals surface area contributed by atoms with Gasteiger partial charge in [-0.15, -0.1) is 0 Å². The Hall–Kier alpha value is -1.54. The summed E-state index contributed by atoms with van der Waals surface area (Å²) in [5.74, 6) is 0.409. The summed E-state index contributed by atoms with van der Waals surface area (Å²) < 4.78 is 39.2. The summed E-state index contributed by atoms with van der Waals surface area (Å²) in [4.78, 5) is 2.07. The van der Waals surface area contributed by atoms with Crippen LogP contribution in [-0.2, 0) is 12.7 Å². The summed E-state index contributed by atoms with van der Waals surface area (Å²) in [5.41, 5.74) is -0.204. The third kappa shape index (κ3) is 4.06. The van der Waals surface area contributed by atoms with E-state index in [2.05, 4.69) is 24.8 Å². The maximum absolute atomic E-state index is 13.1. The Kier molecular flexibility index (Phi) is 5.36. The van der Waals surface area contributed by atoms with Crippen LogP contribution in [0.1, 0.15) is 44.2 Å². The van der Waals surface area contributed by atoms with Crippen molar-refractivity contribution in [3.63, 3.8) is 0 Å². The first-order chi connectivity index (χ1) is 10.8. The number of benzene rings is 1. The number of nitrogens with zero attached hydrogens (tertiary/aromatic N) is 2. The summed E-state index contributed by atoms with van der Waals surface area (Å²) in [6.07, 6.45) is -2.05. The maximum Gasteiger partial charge on any atom is 0.416 e. The molecule has 0 amide bonds. The average Bonchev–Trinajstić information content (AvgIpc) is 2.49. The summed E-state index contributed by atoms with van der Waals surface area (Å²) in [6, 6.07) is 8.08. The highest BCUT2D eigenvalue weighted by Crippen LogP contribution is 2.42. The maximum atomic E-state index is 13.1. The van der Waals surface area contributed by atoms with Crippen molar-refractivity contribution in [3.05, 3.63) is 35.4 Å². The summed E-state index contributed by atoms with van der Waals surface area (Å²) >= 11 is 0. The van der Waals surface area contributed by atoms with Gasteiger partial charge in [0.15, 0.2) is 0 Å². The molecule has 2 nitrogen and oxygen atoms in total. The lowest BCUT2D eigenvalue weighted by Gasteiger charge is -2.43. The van der Waals surface area contributed by atoms with Crippen LogP contribution in [-0.4, -0.2) is 18.0 Å². The molecule has 0 aromatic heterocycles. The molecule has 1 fully saturated rings. The molecule has 5 heteroatoms. The van der Waals surface area contributed by atoms with Crippen molar-refractivity contribution in [1.29, 1.82) is 5.26 Å². The number of hydrogen-bond donors (Lipinski definition) is 0. The number of alkyl halides is 3. The van der Waals surface area contributed by atoms with E-state index in [1.54, 1.807) is 12.1 Å². The lowest BCUT2D eigenvalue weighted by Crippen LogP contribution is -2.42. The van der Waals surface area contributed by atoms with E-state index in [0.29, 0.717) is 24.4 Å². The van der Waals surface area contributed by atoms with E-state index in [-0.39, 0.29) is 5.41 Å². The Morgan fingerprint density at radius 2 is 1.83 bits per heavy atom. The van der Waals surface area contributed by atoms with Crippen LogP contribution in [0, 0.1) is 22.7 Å². The topological polar surface area (TPSA) is 27.0 Å². The van der Waals surface area contributed by atoms with Gasteiger partial charge in [0.25, 0.3) is 0 Å². The van der Waals surface area contributed by atoms with Crippen LogP contribution in [0.25, 0.3) is 0 Å². The van der Waals surface area contributed by atoms with Crippen LogP contribution in [0.15, 0.2) is 24.3 Å². The molecule has 2 rings (SSSR count). The molecule has 23 heavy (non-hydrogen) atoms. The molecule has 1 aliphatic heterocycles.